The van der Waals surface area contributed by atoms with Crippen LogP contribution >= 0.6 is 11.5 Å². The van der Waals surface area contributed by atoms with Crippen LogP contribution in [0.25, 0.3) is 10.4 Å². The molecule has 1 atom stereocenters. The van der Waals surface area contributed by atoms with Crippen LogP contribution in [0.2, 0.25) is 0 Å². The SMILES string of the molecule is OC(CNCc1ccccc1)COc1ccc(-c2cnns2)cc1. The zero-order valence-corrected chi connectivity index (χ0v) is 13.9. The zero-order chi connectivity index (χ0) is 16.6. The van der Waals surface area contributed by atoms with Gasteiger partial charge in [-0.25, -0.2) is 0 Å². The Hall–Kier alpha value is -2.28. The van der Waals surface area contributed by atoms with E-state index in [9.17, 15) is 5.11 Å². The number of hydrogen-bond donors (Lipinski definition) is 2. The first-order chi connectivity index (χ1) is 11.8. The van der Waals surface area contributed by atoms with Crippen molar-refractivity contribution in [2.75, 3.05) is 13.2 Å². The Morgan fingerprint density at radius 3 is 2.58 bits per heavy atom. The summed E-state index contributed by atoms with van der Waals surface area (Å²) in [7, 11) is 0. The number of hydrogen-bond acceptors (Lipinski definition) is 6. The van der Waals surface area contributed by atoms with Gasteiger partial charge in [0.2, 0.25) is 0 Å². The van der Waals surface area contributed by atoms with Crippen molar-refractivity contribution in [3.8, 4) is 16.2 Å². The van der Waals surface area contributed by atoms with Gasteiger partial charge in [-0.1, -0.05) is 34.8 Å². The molecule has 124 valence electrons. The Balaban J connectivity index is 1.40. The fourth-order valence-electron chi connectivity index (χ4n) is 2.24. The highest BCUT2D eigenvalue weighted by Crippen LogP contribution is 2.24. The normalized spacial score (nSPS) is 12.0. The minimum absolute atomic E-state index is 0.253. The summed E-state index contributed by atoms with van der Waals surface area (Å²) in [5, 5.41) is 17.0. The zero-order valence-electron chi connectivity index (χ0n) is 13.1. The van der Waals surface area contributed by atoms with Crippen LogP contribution in [0, 0.1) is 0 Å². The minimum Gasteiger partial charge on any atom is -0.491 e. The molecule has 0 aliphatic heterocycles. The van der Waals surface area contributed by atoms with Crippen LogP contribution in [0.3, 0.4) is 0 Å². The number of ether oxygens (including phenoxy) is 1. The van der Waals surface area contributed by atoms with Gasteiger partial charge in [0.15, 0.2) is 0 Å². The summed E-state index contributed by atoms with van der Waals surface area (Å²) >= 11 is 1.36. The second kappa shape index (κ2) is 8.54. The molecule has 0 bridgehead atoms. The standard InChI is InChI=1S/C18H19N3O2S/c22-16(11-19-10-14-4-2-1-3-5-14)13-23-17-8-6-15(7-9-17)18-12-20-21-24-18/h1-9,12,16,19,22H,10-11,13H2. The van der Waals surface area contributed by atoms with Crippen molar-refractivity contribution in [1.82, 2.24) is 14.9 Å². The molecule has 5 nitrogen and oxygen atoms in total. The number of nitrogens with zero attached hydrogens (tertiary/aromatic N) is 2. The third-order valence-corrected chi connectivity index (χ3v) is 4.21. The quantitative estimate of drug-likeness (QED) is 0.659. The van der Waals surface area contributed by atoms with Gasteiger partial charge >= 0.3 is 0 Å². The topological polar surface area (TPSA) is 67.3 Å². The van der Waals surface area contributed by atoms with Crippen LogP contribution in [0.4, 0.5) is 0 Å². The van der Waals surface area contributed by atoms with Gasteiger partial charge in [0.05, 0.1) is 11.1 Å². The Morgan fingerprint density at radius 2 is 1.88 bits per heavy atom. The Bertz CT molecular complexity index is 718. The highest BCUT2D eigenvalue weighted by atomic mass is 32.1. The first-order valence-electron chi connectivity index (χ1n) is 7.74. The molecule has 0 saturated carbocycles. The van der Waals surface area contributed by atoms with Crippen molar-refractivity contribution in [2.45, 2.75) is 12.6 Å². The molecule has 2 aromatic carbocycles. The Labute approximate surface area is 145 Å². The molecule has 1 aromatic heterocycles. The lowest BCUT2D eigenvalue weighted by atomic mass is 10.2. The average molecular weight is 341 g/mol. The minimum atomic E-state index is -0.556. The lowest BCUT2D eigenvalue weighted by Gasteiger charge is -2.13. The molecular formula is C18H19N3O2S. The molecule has 0 aliphatic rings. The predicted octanol–water partition coefficient (Wildman–Crippen LogP) is 2.73. The molecule has 0 aliphatic carbocycles. The van der Waals surface area contributed by atoms with Crippen molar-refractivity contribution >= 4 is 11.5 Å². The molecule has 0 saturated heterocycles. The summed E-state index contributed by atoms with van der Waals surface area (Å²) in [5.74, 6) is 0.735. The van der Waals surface area contributed by atoms with Gasteiger partial charge in [-0.3, -0.25) is 0 Å². The number of benzene rings is 2. The fourth-order valence-corrected chi connectivity index (χ4v) is 2.76. The van der Waals surface area contributed by atoms with E-state index >= 15 is 0 Å². The number of rotatable bonds is 8. The van der Waals surface area contributed by atoms with E-state index in [2.05, 4.69) is 27.0 Å². The second-order valence-electron chi connectivity index (χ2n) is 5.39. The summed E-state index contributed by atoms with van der Waals surface area (Å²) in [6.45, 7) is 1.47. The van der Waals surface area contributed by atoms with E-state index in [0.717, 1.165) is 22.7 Å². The average Bonchev–Trinajstić information content (AvgIpc) is 3.16. The van der Waals surface area contributed by atoms with E-state index in [-0.39, 0.29) is 6.61 Å². The van der Waals surface area contributed by atoms with E-state index in [1.807, 2.05) is 42.5 Å². The van der Waals surface area contributed by atoms with E-state index in [1.54, 1.807) is 6.20 Å². The predicted molar refractivity (Wildman–Crippen MR) is 95.0 cm³/mol. The van der Waals surface area contributed by atoms with Gasteiger partial charge in [0.25, 0.3) is 0 Å². The molecule has 0 amide bonds. The third kappa shape index (κ3) is 4.86. The van der Waals surface area contributed by atoms with Crippen LogP contribution in [0.1, 0.15) is 5.56 Å². The van der Waals surface area contributed by atoms with Crippen LogP contribution < -0.4 is 10.1 Å². The molecule has 24 heavy (non-hydrogen) atoms. The number of nitrogens with one attached hydrogen (secondary N) is 1. The highest BCUT2D eigenvalue weighted by Gasteiger charge is 2.06. The van der Waals surface area contributed by atoms with Gasteiger partial charge in [0, 0.05) is 13.1 Å². The molecule has 0 radical (unpaired) electrons. The fraction of sp³-hybridized carbons (Fsp3) is 0.222. The molecular weight excluding hydrogens is 322 g/mol. The third-order valence-electron chi connectivity index (χ3n) is 3.49. The lowest BCUT2D eigenvalue weighted by molar-refractivity contribution is 0.106. The summed E-state index contributed by atoms with van der Waals surface area (Å²) in [6, 6.07) is 17.8. The number of aliphatic hydroxyl groups is 1. The van der Waals surface area contributed by atoms with Gasteiger partial charge in [-0.05, 0) is 46.9 Å². The summed E-state index contributed by atoms with van der Waals surface area (Å²) in [5.41, 5.74) is 2.25. The first-order valence-corrected chi connectivity index (χ1v) is 8.52. The highest BCUT2D eigenvalue weighted by molar-refractivity contribution is 7.09. The van der Waals surface area contributed by atoms with Crippen molar-refractivity contribution < 1.29 is 9.84 Å². The van der Waals surface area contributed by atoms with E-state index in [1.165, 1.54) is 17.1 Å². The molecule has 1 heterocycles. The second-order valence-corrected chi connectivity index (χ2v) is 6.17. The first kappa shape index (κ1) is 16.6. The van der Waals surface area contributed by atoms with Crippen molar-refractivity contribution in [3.63, 3.8) is 0 Å². The summed E-state index contributed by atoms with van der Waals surface area (Å²) < 4.78 is 9.48. The van der Waals surface area contributed by atoms with E-state index in [4.69, 9.17) is 4.74 Å². The van der Waals surface area contributed by atoms with E-state index < -0.39 is 6.10 Å². The summed E-state index contributed by atoms with van der Waals surface area (Å²) in [4.78, 5) is 1.02. The van der Waals surface area contributed by atoms with Crippen LogP contribution in [0.5, 0.6) is 5.75 Å². The van der Waals surface area contributed by atoms with Gasteiger partial charge in [0.1, 0.15) is 18.5 Å². The molecule has 2 N–H and O–H groups in total. The Kier molecular flexibility index (Phi) is 5.90. The molecule has 1 unspecified atom stereocenters. The smallest absolute Gasteiger partial charge is 0.119 e. The molecule has 3 aromatic rings. The molecule has 3 rings (SSSR count). The Morgan fingerprint density at radius 1 is 1.08 bits per heavy atom. The van der Waals surface area contributed by atoms with E-state index in [0.29, 0.717) is 6.54 Å². The van der Waals surface area contributed by atoms with Crippen LogP contribution in [0.15, 0.2) is 60.8 Å². The maximum absolute atomic E-state index is 9.99. The van der Waals surface area contributed by atoms with Gasteiger partial charge in [-0.2, -0.15) is 0 Å². The monoisotopic (exact) mass is 341 g/mol. The van der Waals surface area contributed by atoms with Crippen LogP contribution in [-0.2, 0) is 6.54 Å². The summed E-state index contributed by atoms with van der Waals surface area (Å²) in [6.07, 6.45) is 1.18. The van der Waals surface area contributed by atoms with Crippen molar-refractivity contribution in [3.05, 3.63) is 66.4 Å². The number of aromatic nitrogens is 2. The molecule has 0 fully saturated rings. The maximum Gasteiger partial charge on any atom is 0.119 e. The largest absolute Gasteiger partial charge is 0.491 e. The van der Waals surface area contributed by atoms with Crippen LogP contribution in [-0.4, -0.2) is 33.9 Å². The number of aliphatic hydroxyl groups excluding tert-OH is 1. The van der Waals surface area contributed by atoms with Crippen molar-refractivity contribution in [1.29, 1.82) is 0 Å². The molecule has 0 spiro atoms. The maximum atomic E-state index is 9.99. The lowest BCUT2D eigenvalue weighted by Crippen LogP contribution is -2.31. The molecule has 6 heteroatoms. The van der Waals surface area contributed by atoms with Gasteiger partial charge < -0.3 is 15.2 Å². The van der Waals surface area contributed by atoms with Gasteiger partial charge in [-0.15, -0.1) is 5.10 Å². The van der Waals surface area contributed by atoms with Crippen molar-refractivity contribution in [2.24, 2.45) is 0 Å².